The monoisotopic (exact) mass is 360 g/mol. The van der Waals surface area contributed by atoms with Crippen LogP contribution in [-0.4, -0.2) is 62.1 Å². The number of benzene rings is 1. The third-order valence-corrected chi connectivity index (χ3v) is 4.49. The number of nitrogens with one attached hydrogen (secondary N) is 1. The van der Waals surface area contributed by atoms with Crippen LogP contribution in [0.3, 0.4) is 0 Å². The molecule has 1 saturated heterocycles. The second kappa shape index (κ2) is 8.76. The molecule has 0 spiro atoms. The summed E-state index contributed by atoms with van der Waals surface area (Å²) in [5, 5.41) is 23.9. The van der Waals surface area contributed by atoms with Crippen LogP contribution in [0.4, 0.5) is 0 Å². The Morgan fingerprint density at radius 1 is 1.21 bits per heavy atom. The van der Waals surface area contributed by atoms with Crippen molar-refractivity contribution in [2.75, 3.05) is 47.0 Å². The molecule has 0 amide bonds. The van der Waals surface area contributed by atoms with Crippen LogP contribution in [0.1, 0.15) is 25.5 Å². The number of hydrogen-bond donors (Lipinski definition) is 3. The van der Waals surface area contributed by atoms with Crippen LogP contribution < -0.4 is 14.8 Å². The van der Waals surface area contributed by atoms with Gasteiger partial charge in [-0.2, -0.15) is 0 Å². The van der Waals surface area contributed by atoms with Crippen LogP contribution in [0, 0.1) is 5.41 Å². The molecule has 0 aliphatic carbocycles. The molecule has 24 heavy (non-hydrogen) atoms. The Balaban J connectivity index is 0.00000288. The minimum absolute atomic E-state index is 0. The Labute approximate surface area is 150 Å². The molecule has 7 heteroatoms. The number of aliphatic hydroxyl groups is 1. The van der Waals surface area contributed by atoms with Crippen LogP contribution >= 0.6 is 12.4 Å². The van der Waals surface area contributed by atoms with Crippen molar-refractivity contribution in [1.82, 2.24) is 10.2 Å². The molecule has 1 aromatic rings. The Hall–Kier alpha value is -1.21. The number of phenolic OH excluding ortho intramolecular Hbond substituents is 1. The number of hydrogen-bond acceptors (Lipinski definition) is 6. The summed E-state index contributed by atoms with van der Waals surface area (Å²) in [6.45, 7) is 7.49. The molecule has 1 aromatic carbocycles. The van der Waals surface area contributed by atoms with E-state index in [1.807, 2.05) is 13.8 Å². The quantitative estimate of drug-likeness (QED) is 0.718. The molecule has 0 bridgehead atoms. The van der Waals surface area contributed by atoms with Crippen LogP contribution in [0.2, 0.25) is 0 Å². The molecule has 1 heterocycles. The first-order chi connectivity index (χ1) is 10.9. The molecule has 0 unspecified atom stereocenters. The van der Waals surface area contributed by atoms with Gasteiger partial charge in [0.05, 0.1) is 19.8 Å². The lowest BCUT2D eigenvalue weighted by atomic mass is 9.79. The van der Waals surface area contributed by atoms with E-state index in [2.05, 4.69) is 10.2 Å². The van der Waals surface area contributed by atoms with E-state index in [1.165, 1.54) is 0 Å². The molecule has 1 fully saturated rings. The molecule has 1 aliphatic heterocycles. The summed E-state index contributed by atoms with van der Waals surface area (Å²) in [4.78, 5) is 2.29. The highest BCUT2D eigenvalue weighted by atomic mass is 35.5. The maximum absolute atomic E-state index is 10.6. The van der Waals surface area contributed by atoms with Crippen molar-refractivity contribution in [3.05, 3.63) is 17.7 Å². The molecule has 1 aliphatic rings. The predicted molar refractivity (Wildman–Crippen MR) is 96.5 cm³/mol. The summed E-state index contributed by atoms with van der Waals surface area (Å²) in [5.41, 5.74) is 0.269. The van der Waals surface area contributed by atoms with E-state index in [-0.39, 0.29) is 30.8 Å². The van der Waals surface area contributed by atoms with E-state index in [0.29, 0.717) is 17.1 Å². The van der Waals surface area contributed by atoms with Crippen molar-refractivity contribution in [3.63, 3.8) is 0 Å². The zero-order valence-corrected chi connectivity index (χ0v) is 15.7. The van der Waals surface area contributed by atoms with Gasteiger partial charge in [0.15, 0.2) is 0 Å². The van der Waals surface area contributed by atoms with Crippen LogP contribution in [0.25, 0.3) is 0 Å². The highest BCUT2D eigenvalue weighted by Crippen LogP contribution is 2.47. The van der Waals surface area contributed by atoms with Crippen molar-refractivity contribution >= 4 is 12.4 Å². The van der Waals surface area contributed by atoms with Crippen molar-refractivity contribution < 1.29 is 19.7 Å². The van der Waals surface area contributed by atoms with Gasteiger partial charge < -0.3 is 25.0 Å². The molecule has 1 atom stereocenters. The molecule has 0 saturated carbocycles. The Bertz CT molecular complexity index is 534. The first kappa shape index (κ1) is 20.8. The van der Waals surface area contributed by atoms with Gasteiger partial charge in [-0.05, 0) is 0 Å². The van der Waals surface area contributed by atoms with Gasteiger partial charge in [0, 0.05) is 56.4 Å². The highest BCUT2D eigenvalue weighted by molar-refractivity contribution is 5.85. The number of aromatic hydroxyl groups is 1. The average Bonchev–Trinajstić information content (AvgIpc) is 2.57. The first-order valence-corrected chi connectivity index (χ1v) is 7.95. The normalized spacial score (nSPS) is 17.0. The minimum atomic E-state index is -0.434. The van der Waals surface area contributed by atoms with E-state index in [9.17, 15) is 10.2 Å². The van der Waals surface area contributed by atoms with Gasteiger partial charge >= 0.3 is 0 Å². The predicted octanol–water partition coefficient (Wildman–Crippen LogP) is 1.80. The van der Waals surface area contributed by atoms with Crippen molar-refractivity contribution in [3.8, 4) is 17.2 Å². The molecular weight excluding hydrogens is 332 g/mol. The number of rotatable bonds is 6. The number of piperazine rings is 1. The summed E-state index contributed by atoms with van der Waals surface area (Å²) in [6, 6.07) is 3.22. The van der Waals surface area contributed by atoms with Crippen LogP contribution in [0.5, 0.6) is 17.2 Å². The molecule has 0 radical (unpaired) electrons. The first-order valence-electron chi connectivity index (χ1n) is 7.95. The summed E-state index contributed by atoms with van der Waals surface area (Å²) < 4.78 is 10.7. The maximum atomic E-state index is 10.6. The van der Waals surface area contributed by atoms with E-state index in [0.717, 1.165) is 26.2 Å². The smallest absolute Gasteiger partial charge is 0.131 e. The molecule has 0 aromatic heterocycles. The van der Waals surface area contributed by atoms with Crippen molar-refractivity contribution in [2.24, 2.45) is 5.41 Å². The molecule has 6 nitrogen and oxygen atoms in total. The largest absolute Gasteiger partial charge is 0.507 e. The zero-order valence-electron chi connectivity index (χ0n) is 14.8. The molecule has 138 valence electrons. The Morgan fingerprint density at radius 2 is 1.83 bits per heavy atom. The van der Waals surface area contributed by atoms with Gasteiger partial charge in [-0.25, -0.2) is 0 Å². The summed E-state index contributed by atoms with van der Waals surface area (Å²) >= 11 is 0. The Morgan fingerprint density at radius 3 is 2.33 bits per heavy atom. The Kier molecular flexibility index (Phi) is 7.60. The van der Waals surface area contributed by atoms with E-state index in [1.54, 1.807) is 26.4 Å². The van der Waals surface area contributed by atoms with Gasteiger partial charge in [0.2, 0.25) is 0 Å². The maximum Gasteiger partial charge on any atom is 0.131 e. The standard InChI is InChI=1S/C17H28N2O4.ClH/c1-17(2,11-20)16(19-7-5-18-6-8-19)15-13(21)9-12(22-3)10-14(15)23-4;/h9-10,16,18,20-21H,5-8,11H2,1-4H3;1H/t16-;/m0./s1. The highest BCUT2D eigenvalue weighted by Gasteiger charge is 2.39. The third-order valence-electron chi connectivity index (χ3n) is 4.49. The lowest BCUT2D eigenvalue weighted by Crippen LogP contribution is -2.49. The van der Waals surface area contributed by atoms with Gasteiger partial charge in [0.25, 0.3) is 0 Å². The van der Waals surface area contributed by atoms with Crippen LogP contribution in [0.15, 0.2) is 12.1 Å². The summed E-state index contributed by atoms with van der Waals surface area (Å²) in [5.74, 6) is 1.25. The van der Waals surface area contributed by atoms with Crippen LogP contribution in [-0.2, 0) is 0 Å². The number of aliphatic hydroxyl groups excluding tert-OH is 1. The second-order valence-electron chi connectivity index (χ2n) is 6.60. The molecule has 3 N–H and O–H groups in total. The number of phenols is 1. The molecule has 2 rings (SSSR count). The summed E-state index contributed by atoms with van der Waals surface area (Å²) in [7, 11) is 3.14. The van der Waals surface area contributed by atoms with Crippen molar-refractivity contribution in [2.45, 2.75) is 19.9 Å². The van der Waals surface area contributed by atoms with E-state index < -0.39 is 5.41 Å². The van der Waals surface area contributed by atoms with E-state index in [4.69, 9.17) is 9.47 Å². The van der Waals surface area contributed by atoms with Gasteiger partial charge in [-0.3, -0.25) is 4.90 Å². The minimum Gasteiger partial charge on any atom is -0.507 e. The summed E-state index contributed by atoms with van der Waals surface area (Å²) in [6.07, 6.45) is 0. The van der Waals surface area contributed by atoms with E-state index >= 15 is 0 Å². The lowest BCUT2D eigenvalue weighted by molar-refractivity contribution is 0.0279. The average molecular weight is 361 g/mol. The fraction of sp³-hybridized carbons (Fsp3) is 0.647. The molecular formula is C17H29ClN2O4. The fourth-order valence-electron chi connectivity index (χ4n) is 3.24. The number of methoxy groups -OCH3 is 2. The van der Waals surface area contributed by atoms with Crippen molar-refractivity contribution in [1.29, 1.82) is 0 Å². The number of nitrogens with zero attached hydrogens (tertiary/aromatic N) is 1. The second-order valence-corrected chi connectivity index (χ2v) is 6.60. The van der Waals surface area contributed by atoms with Gasteiger partial charge in [-0.15, -0.1) is 12.4 Å². The fourth-order valence-corrected chi connectivity index (χ4v) is 3.24. The topological polar surface area (TPSA) is 74.2 Å². The number of halogens is 1. The zero-order chi connectivity index (χ0) is 17.0. The number of ether oxygens (including phenoxy) is 2. The van der Waals surface area contributed by atoms with Gasteiger partial charge in [-0.1, -0.05) is 13.8 Å². The van der Waals surface area contributed by atoms with Gasteiger partial charge in [0.1, 0.15) is 17.2 Å². The lowest BCUT2D eigenvalue weighted by Gasteiger charge is -2.44. The SMILES string of the molecule is COc1cc(O)c([C@H](N2CCNCC2)C(C)(C)CO)c(OC)c1.Cl. The third kappa shape index (κ3) is 4.25.